The van der Waals surface area contributed by atoms with E-state index in [1.807, 2.05) is 42.7 Å². The van der Waals surface area contributed by atoms with Gasteiger partial charge in [-0.05, 0) is 44.2 Å². The van der Waals surface area contributed by atoms with Gasteiger partial charge < -0.3 is 9.30 Å². The molecule has 4 aromatic rings. The zero-order valence-electron chi connectivity index (χ0n) is 17.4. The maximum Gasteiger partial charge on any atom is 0.215 e. The van der Waals surface area contributed by atoms with Crippen LogP contribution in [0.4, 0.5) is 0 Å². The smallest absolute Gasteiger partial charge is 0.215 e. The zero-order chi connectivity index (χ0) is 21.2. The minimum Gasteiger partial charge on any atom is -0.474 e. The van der Waals surface area contributed by atoms with Gasteiger partial charge in [-0.3, -0.25) is 5.10 Å². The molecule has 1 N–H and O–H groups in total. The van der Waals surface area contributed by atoms with Crippen LogP contribution in [0.2, 0.25) is 5.02 Å². The van der Waals surface area contributed by atoms with Gasteiger partial charge in [-0.15, -0.1) is 0 Å². The Kier molecular flexibility index (Phi) is 5.47. The van der Waals surface area contributed by atoms with Gasteiger partial charge in [0.2, 0.25) is 5.88 Å². The largest absolute Gasteiger partial charge is 0.474 e. The summed E-state index contributed by atoms with van der Waals surface area (Å²) in [5.74, 6) is 1.36. The van der Waals surface area contributed by atoms with E-state index in [0.29, 0.717) is 16.7 Å². The second kappa shape index (κ2) is 8.55. The molecule has 31 heavy (non-hydrogen) atoms. The predicted molar refractivity (Wildman–Crippen MR) is 122 cm³/mol. The highest BCUT2D eigenvalue weighted by atomic mass is 35.5. The molecule has 1 aliphatic rings. The lowest BCUT2D eigenvalue weighted by atomic mass is 9.98. The third-order valence-corrected chi connectivity index (χ3v) is 6.16. The first-order chi connectivity index (χ1) is 15.2. The van der Waals surface area contributed by atoms with Crippen LogP contribution < -0.4 is 4.74 Å². The van der Waals surface area contributed by atoms with E-state index in [4.69, 9.17) is 16.3 Å². The molecule has 7 heteroatoms. The molecule has 3 aromatic heterocycles. The molecular weight excluding hydrogens is 410 g/mol. The number of aromatic nitrogens is 5. The van der Waals surface area contributed by atoms with Crippen molar-refractivity contribution in [1.29, 1.82) is 0 Å². The Hall–Kier alpha value is -3.12. The molecule has 0 aliphatic heterocycles. The lowest BCUT2D eigenvalue weighted by Crippen LogP contribution is -2.20. The number of pyridine rings is 1. The second-order valence-electron chi connectivity index (χ2n) is 7.99. The number of halogens is 1. The van der Waals surface area contributed by atoms with Crippen LogP contribution in [0.3, 0.4) is 0 Å². The van der Waals surface area contributed by atoms with Gasteiger partial charge in [0.1, 0.15) is 12.4 Å². The number of rotatable bonds is 5. The van der Waals surface area contributed by atoms with Crippen LogP contribution >= 0.6 is 11.6 Å². The molecule has 1 aromatic carbocycles. The molecule has 0 unspecified atom stereocenters. The summed E-state index contributed by atoms with van der Waals surface area (Å²) in [5, 5.41) is 7.69. The van der Waals surface area contributed by atoms with Crippen molar-refractivity contribution >= 4 is 11.6 Å². The third kappa shape index (κ3) is 4.08. The Morgan fingerprint density at radius 1 is 1.03 bits per heavy atom. The molecule has 0 atom stereocenters. The van der Waals surface area contributed by atoms with E-state index >= 15 is 0 Å². The van der Waals surface area contributed by atoms with Crippen molar-refractivity contribution in [3.05, 3.63) is 65.8 Å². The van der Waals surface area contributed by atoms with Crippen molar-refractivity contribution < 1.29 is 4.74 Å². The van der Waals surface area contributed by atoms with E-state index in [1.54, 1.807) is 0 Å². The molecular formula is C24H24ClN5O. The minimum absolute atomic E-state index is 0.255. The Morgan fingerprint density at radius 2 is 1.84 bits per heavy atom. The fraction of sp³-hybridized carbons (Fsp3) is 0.292. The number of ether oxygens (including phenoxy) is 1. The number of aromatic amines is 1. The second-order valence-corrected chi connectivity index (χ2v) is 8.40. The summed E-state index contributed by atoms with van der Waals surface area (Å²) in [7, 11) is 0. The van der Waals surface area contributed by atoms with Crippen molar-refractivity contribution in [2.45, 2.75) is 45.1 Å². The van der Waals surface area contributed by atoms with E-state index < -0.39 is 0 Å². The number of benzene rings is 1. The SMILES string of the molecule is Cc1cnc(OC2CCCCC2)cc1-n1cc(-c2ncn[nH]2)c(-c2ccccc2Cl)c1. The predicted octanol–water partition coefficient (Wildman–Crippen LogP) is 6.00. The maximum absolute atomic E-state index is 6.53. The first-order valence-electron chi connectivity index (χ1n) is 10.7. The average Bonchev–Trinajstić information content (AvgIpc) is 3.46. The van der Waals surface area contributed by atoms with E-state index in [2.05, 4.69) is 37.9 Å². The molecule has 1 aliphatic carbocycles. The van der Waals surface area contributed by atoms with Crippen molar-refractivity contribution in [2.24, 2.45) is 0 Å². The highest BCUT2D eigenvalue weighted by molar-refractivity contribution is 6.33. The summed E-state index contributed by atoms with van der Waals surface area (Å²) in [4.78, 5) is 8.89. The Labute approximate surface area is 186 Å². The maximum atomic E-state index is 6.53. The van der Waals surface area contributed by atoms with Crippen LogP contribution in [0.15, 0.2) is 55.2 Å². The van der Waals surface area contributed by atoms with E-state index in [-0.39, 0.29) is 6.10 Å². The number of hydrogen-bond acceptors (Lipinski definition) is 4. The topological polar surface area (TPSA) is 68.6 Å². The van der Waals surface area contributed by atoms with Gasteiger partial charge in [-0.25, -0.2) is 9.97 Å². The van der Waals surface area contributed by atoms with Crippen LogP contribution in [0.5, 0.6) is 5.88 Å². The zero-order valence-corrected chi connectivity index (χ0v) is 18.1. The normalized spacial score (nSPS) is 14.6. The van der Waals surface area contributed by atoms with Gasteiger partial charge in [0.05, 0.1) is 5.69 Å². The molecule has 1 saturated carbocycles. The summed E-state index contributed by atoms with van der Waals surface area (Å²) in [6.45, 7) is 2.05. The molecule has 158 valence electrons. The Bertz CT molecular complexity index is 1180. The summed E-state index contributed by atoms with van der Waals surface area (Å²) in [5.41, 5.74) is 4.92. The fourth-order valence-corrected chi connectivity index (χ4v) is 4.44. The van der Waals surface area contributed by atoms with Gasteiger partial charge in [-0.1, -0.05) is 36.2 Å². The molecule has 0 spiro atoms. The van der Waals surface area contributed by atoms with Gasteiger partial charge in [0.25, 0.3) is 0 Å². The van der Waals surface area contributed by atoms with Gasteiger partial charge in [0.15, 0.2) is 5.82 Å². The Balaban J connectivity index is 1.57. The summed E-state index contributed by atoms with van der Waals surface area (Å²) < 4.78 is 8.30. The van der Waals surface area contributed by atoms with E-state index in [9.17, 15) is 0 Å². The van der Waals surface area contributed by atoms with Gasteiger partial charge in [0, 0.05) is 46.4 Å². The monoisotopic (exact) mass is 433 g/mol. The van der Waals surface area contributed by atoms with Crippen molar-refractivity contribution in [3.63, 3.8) is 0 Å². The molecule has 0 amide bonds. The van der Waals surface area contributed by atoms with Gasteiger partial charge in [-0.2, -0.15) is 5.10 Å². The van der Waals surface area contributed by atoms with Crippen molar-refractivity contribution in [1.82, 2.24) is 24.7 Å². The fourth-order valence-electron chi connectivity index (χ4n) is 4.20. The third-order valence-electron chi connectivity index (χ3n) is 5.83. The average molecular weight is 434 g/mol. The number of nitrogens with one attached hydrogen (secondary N) is 1. The first-order valence-corrected chi connectivity index (χ1v) is 11.0. The lowest BCUT2D eigenvalue weighted by Gasteiger charge is -2.22. The summed E-state index contributed by atoms with van der Waals surface area (Å²) >= 11 is 6.53. The molecule has 0 radical (unpaired) electrons. The highest BCUT2D eigenvalue weighted by Gasteiger charge is 2.19. The summed E-state index contributed by atoms with van der Waals surface area (Å²) in [6.07, 6.45) is 13.7. The van der Waals surface area contributed by atoms with Crippen LogP contribution in [0.1, 0.15) is 37.7 Å². The highest BCUT2D eigenvalue weighted by Crippen LogP contribution is 2.37. The standard InChI is InChI=1S/C24H24ClN5O/c1-16-12-26-23(31-17-7-3-2-4-8-17)11-22(16)30-13-19(18-9-5-6-10-21(18)25)20(14-30)24-27-15-28-29-24/h5-6,9-15,17H,2-4,7-8H2,1H3,(H,27,28,29). The molecule has 5 rings (SSSR count). The molecule has 6 nitrogen and oxygen atoms in total. The minimum atomic E-state index is 0.255. The lowest BCUT2D eigenvalue weighted by molar-refractivity contribution is 0.148. The van der Waals surface area contributed by atoms with Crippen LogP contribution in [0.25, 0.3) is 28.2 Å². The summed E-state index contributed by atoms with van der Waals surface area (Å²) in [6, 6.07) is 9.84. The van der Waals surface area contributed by atoms with Crippen LogP contribution in [-0.2, 0) is 0 Å². The molecule has 0 saturated heterocycles. The number of hydrogen-bond donors (Lipinski definition) is 1. The quantitative estimate of drug-likeness (QED) is 0.419. The van der Waals surface area contributed by atoms with E-state index in [1.165, 1.54) is 25.6 Å². The number of aryl methyl sites for hydroxylation is 1. The van der Waals surface area contributed by atoms with Crippen LogP contribution in [0, 0.1) is 6.92 Å². The Morgan fingerprint density at radius 3 is 2.61 bits per heavy atom. The number of H-pyrrole nitrogens is 1. The molecule has 3 heterocycles. The van der Waals surface area contributed by atoms with Crippen LogP contribution in [-0.4, -0.2) is 30.8 Å². The number of nitrogens with zero attached hydrogens (tertiary/aromatic N) is 4. The van der Waals surface area contributed by atoms with Crippen molar-refractivity contribution in [2.75, 3.05) is 0 Å². The molecule has 1 fully saturated rings. The van der Waals surface area contributed by atoms with Gasteiger partial charge >= 0.3 is 0 Å². The van der Waals surface area contributed by atoms with E-state index in [0.717, 1.165) is 40.8 Å². The first kappa shape index (κ1) is 19.8. The molecule has 0 bridgehead atoms. The van der Waals surface area contributed by atoms with Crippen molar-refractivity contribution in [3.8, 4) is 34.1 Å².